The molecule has 1 aliphatic rings. The molecule has 4 atom stereocenters. The van der Waals surface area contributed by atoms with Crippen LogP contribution in [-0.4, -0.2) is 56.2 Å². The number of esters is 3. The second kappa shape index (κ2) is 12.7. The fourth-order valence-corrected chi connectivity index (χ4v) is 2.74. The van der Waals surface area contributed by atoms with Crippen LogP contribution in [0.3, 0.4) is 0 Å². The maximum atomic E-state index is 12.0. The van der Waals surface area contributed by atoms with Gasteiger partial charge in [0, 0.05) is 32.8 Å². The molecule has 0 bridgehead atoms. The summed E-state index contributed by atoms with van der Waals surface area (Å²) in [5.41, 5.74) is 0. The van der Waals surface area contributed by atoms with Crippen molar-refractivity contribution < 1.29 is 38.1 Å². The number of methoxy groups -OCH3 is 1. The third kappa shape index (κ3) is 8.26. The van der Waals surface area contributed by atoms with Gasteiger partial charge in [-0.05, 0) is 19.3 Å². The van der Waals surface area contributed by atoms with Gasteiger partial charge < -0.3 is 23.7 Å². The average Bonchev–Trinajstić information content (AvgIpc) is 2.62. The molecule has 0 aromatic rings. The van der Waals surface area contributed by atoms with Gasteiger partial charge in [0.05, 0.1) is 0 Å². The third-order valence-electron chi connectivity index (χ3n) is 4.07. The Balaban J connectivity index is 2.91. The molecule has 0 aromatic heterocycles. The van der Waals surface area contributed by atoms with Gasteiger partial charge in [0.2, 0.25) is 0 Å². The van der Waals surface area contributed by atoms with Gasteiger partial charge in [-0.25, -0.2) is 0 Å². The predicted octanol–water partition coefficient (Wildman–Crippen LogP) is 2.51. The predicted molar refractivity (Wildman–Crippen MR) is 95.7 cm³/mol. The van der Waals surface area contributed by atoms with Crippen molar-refractivity contribution in [2.24, 2.45) is 0 Å². The molecule has 27 heavy (non-hydrogen) atoms. The largest absolute Gasteiger partial charge is 0.463 e. The average molecular weight is 388 g/mol. The minimum atomic E-state index is -0.856. The minimum Gasteiger partial charge on any atom is -0.463 e. The molecule has 0 radical (unpaired) electrons. The van der Waals surface area contributed by atoms with Crippen LogP contribution in [0.4, 0.5) is 0 Å². The molecule has 0 aromatic carbocycles. The molecule has 1 saturated heterocycles. The highest BCUT2D eigenvalue weighted by atomic mass is 16.7. The second-order valence-electron chi connectivity index (χ2n) is 6.49. The van der Waals surface area contributed by atoms with E-state index in [1.54, 1.807) is 0 Å². The van der Waals surface area contributed by atoms with Gasteiger partial charge in [-0.1, -0.05) is 20.8 Å². The number of hydrogen-bond donors (Lipinski definition) is 0. The Labute approximate surface area is 160 Å². The number of hydrogen-bond acceptors (Lipinski definition) is 8. The molecule has 0 spiro atoms. The van der Waals surface area contributed by atoms with E-state index in [-0.39, 0.29) is 44.2 Å². The van der Waals surface area contributed by atoms with Crippen LogP contribution in [0.1, 0.15) is 65.7 Å². The highest BCUT2D eigenvalue weighted by molar-refractivity contribution is 5.71. The van der Waals surface area contributed by atoms with Gasteiger partial charge in [0.1, 0.15) is 18.8 Å². The van der Waals surface area contributed by atoms with Gasteiger partial charge in [-0.15, -0.1) is 0 Å². The Kier molecular flexibility index (Phi) is 11.0. The Bertz CT molecular complexity index is 478. The highest BCUT2D eigenvalue weighted by Gasteiger charge is 2.44. The highest BCUT2D eigenvalue weighted by Crippen LogP contribution is 2.27. The van der Waals surface area contributed by atoms with E-state index in [2.05, 4.69) is 0 Å². The Hall–Kier alpha value is -1.67. The maximum absolute atomic E-state index is 12.0. The molecule has 156 valence electrons. The first-order chi connectivity index (χ1) is 12.9. The first-order valence-corrected chi connectivity index (χ1v) is 9.67. The minimum absolute atomic E-state index is 0.107. The molecule has 8 nitrogen and oxygen atoms in total. The molecule has 1 rings (SSSR count). The lowest BCUT2D eigenvalue weighted by Crippen LogP contribution is -2.54. The van der Waals surface area contributed by atoms with Crippen LogP contribution in [0, 0.1) is 0 Å². The molecule has 1 heterocycles. The summed E-state index contributed by atoms with van der Waals surface area (Å²) >= 11 is 0. The van der Waals surface area contributed by atoms with Crippen molar-refractivity contribution in [3.63, 3.8) is 0 Å². The number of ether oxygens (including phenoxy) is 5. The van der Waals surface area contributed by atoms with Crippen LogP contribution in [0.25, 0.3) is 0 Å². The van der Waals surface area contributed by atoms with Gasteiger partial charge in [-0.2, -0.15) is 0 Å². The van der Waals surface area contributed by atoms with Crippen LogP contribution >= 0.6 is 0 Å². The van der Waals surface area contributed by atoms with Gasteiger partial charge in [-0.3, -0.25) is 14.4 Å². The fourth-order valence-electron chi connectivity index (χ4n) is 2.74. The summed E-state index contributed by atoms with van der Waals surface area (Å²) in [5, 5.41) is 0. The lowest BCUT2D eigenvalue weighted by Gasteiger charge is -2.39. The summed E-state index contributed by atoms with van der Waals surface area (Å²) in [6, 6.07) is 0. The monoisotopic (exact) mass is 388 g/mol. The van der Waals surface area contributed by atoms with Gasteiger partial charge in [0.25, 0.3) is 0 Å². The topological polar surface area (TPSA) is 97.4 Å². The summed E-state index contributed by atoms with van der Waals surface area (Å²) in [5.74, 6) is -1.15. The third-order valence-corrected chi connectivity index (χ3v) is 4.07. The first kappa shape index (κ1) is 23.4. The Morgan fingerprint density at radius 3 is 2.00 bits per heavy atom. The molecule has 0 saturated carbocycles. The summed E-state index contributed by atoms with van der Waals surface area (Å²) in [7, 11) is 1.47. The summed E-state index contributed by atoms with van der Waals surface area (Å²) in [6.07, 6.45) is -0.0441. The molecule has 0 N–H and O–H groups in total. The standard InChI is InChI=1S/C19H32O8/c1-5-8-15(20)24-12-14-19(27-17(22)10-7-3)13(11-18(23-4)26-14)25-16(21)9-6-2/h13-14,18-19H,5-12H2,1-4H3/t13-,14-,18+,19-/m1/s1. The zero-order chi connectivity index (χ0) is 20.2. The summed E-state index contributed by atoms with van der Waals surface area (Å²) in [4.78, 5) is 35.8. The van der Waals surface area contributed by atoms with E-state index < -0.39 is 30.6 Å². The van der Waals surface area contributed by atoms with Crippen molar-refractivity contribution in [1.29, 1.82) is 0 Å². The molecule has 1 aliphatic heterocycles. The fraction of sp³-hybridized carbons (Fsp3) is 0.842. The number of carbonyl (C=O) groups excluding carboxylic acids is 3. The van der Waals surface area contributed by atoms with E-state index in [9.17, 15) is 14.4 Å². The van der Waals surface area contributed by atoms with E-state index in [1.165, 1.54) is 7.11 Å². The zero-order valence-electron chi connectivity index (χ0n) is 16.7. The van der Waals surface area contributed by atoms with Gasteiger partial charge >= 0.3 is 17.9 Å². The first-order valence-electron chi connectivity index (χ1n) is 9.67. The van der Waals surface area contributed by atoms with Crippen molar-refractivity contribution in [2.75, 3.05) is 13.7 Å². The Morgan fingerprint density at radius 1 is 0.889 bits per heavy atom. The van der Waals surface area contributed by atoms with Crippen molar-refractivity contribution in [3.8, 4) is 0 Å². The van der Waals surface area contributed by atoms with Crippen LogP contribution in [0.5, 0.6) is 0 Å². The molecule has 0 unspecified atom stereocenters. The van der Waals surface area contributed by atoms with Crippen molar-refractivity contribution >= 4 is 17.9 Å². The summed E-state index contributed by atoms with van der Waals surface area (Å²) in [6.45, 7) is 5.50. The van der Waals surface area contributed by atoms with Crippen LogP contribution in [0.15, 0.2) is 0 Å². The molecular formula is C19H32O8. The number of rotatable bonds is 11. The lowest BCUT2D eigenvalue weighted by molar-refractivity contribution is -0.261. The number of carbonyl (C=O) groups is 3. The smallest absolute Gasteiger partial charge is 0.306 e. The normalized spacial score (nSPS) is 24.9. The summed E-state index contributed by atoms with van der Waals surface area (Å²) < 4.78 is 27.3. The Morgan fingerprint density at radius 2 is 1.44 bits per heavy atom. The lowest BCUT2D eigenvalue weighted by atomic mass is 10.0. The molecular weight excluding hydrogens is 356 g/mol. The van der Waals surface area contributed by atoms with Crippen molar-refractivity contribution in [1.82, 2.24) is 0 Å². The maximum Gasteiger partial charge on any atom is 0.306 e. The van der Waals surface area contributed by atoms with E-state index in [4.69, 9.17) is 23.7 Å². The van der Waals surface area contributed by atoms with Crippen molar-refractivity contribution in [2.45, 2.75) is 90.3 Å². The van der Waals surface area contributed by atoms with E-state index in [0.29, 0.717) is 19.3 Å². The molecule has 0 amide bonds. The quantitative estimate of drug-likeness (QED) is 0.393. The van der Waals surface area contributed by atoms with Crippen LogP contribution in [-0.2, 0) is 38.1 Å². The van der Waals surface area contributed by atoms with E-state index in [0.717, 1.165) is 0 Å². The SMILES string of the molecule is CCCC(=O)OC[C@H]1O[C@H](OC)C[C@@H](OC(=O)CCC)[C@H]1OC(=O)CCC. The molecule has 0 aliphatic carbocycles. The molecule has 8 heteroatoms. The van der Waals surface area contributed by atoms with Crippen LogP contribution < -0.4 is 0 Å². The zero-order valence-corrected chi connectivity index (χ0v) is 16.7. The molecule has 1 fully saturated rings. The van der Waals surface area contributed by atoms with E-state index in [1.807, 2.05) is 20.8 Å². The van der Waals surface area contributed by atoms with Gasteiger partial charge in [0.15, 0.2) is 12.4 Å². The van der Waals surface area contributed by atoms with Crippen molar-refractivity contribution in [3.05, 3.63) is 0 Å². The van der Waals surface area contributed by atoms with Crippen LogP contribution in [0.2, 0.25) is 0 Å². The second-order valence-corrected chi connectivity index (χ2v) is 6.49. The van der Waals surface area contributed by atoms with E-state index >= 15 is 0 Å².